The summed E-state index contributed by atoms with van der Waals surface area (Å²) >= 11 is 0. The molecule has 0 unspecified atom stereocenters. The van der Waals surface area contributed by atoms with Gasteiger partial charge in [-0.3, -0.25) is 19.7 Å². The lowest BCUT2D eigenvalue weighted by Crippen LogP contribution is -2.46. The lowest BCUT2D eigenvalue weighted by molar-refractivity contribution is -0.141. The number of hydrogen-bond donors (Lipinski definition) is 4. The Hall–Kier alpha value is -2.22. The average Bonchev–Trinajstić information content (AvgIpc) is 2.80. The van der Waals surface area contributed by atoms with Crippen molar-refractivity contribution in [2.75, 3.05) is 19.6 Å². The van der Waals surface area contributed by atoms with E-state index in [4.69, 9.17) is 5.21 Å². The Kier molecular flexibility index (Phi) is 9.06. The first-order valence-corrected chi connectivity index (χ1v) is 11.4. The molecular formula is C24H35N3O4. The second-order valence-corrected chi connectivity index (χ2v) is 8.89. The molecule has 1 aromatic carbocycles. The van der Waals surface area contributed by atoms with Gasteiger partial charge in [-0.05, 0) is 74.4 Å². The fourth-order valence-electron chi connectivity index (χ4n) is 4.77. The minimum atomic E-state index is -0.695. The van der Waals surface area contributed by atoms with Gasteiger partial charge in [0, 0.05) is 12.6 Å². The zero-order valence-electron chi connectivity index (χ0n) is 18.1. The number of nitrogens with one attached hydrogen (secondary N) is 2. The first-order valence-electron chi connectivity index (χ1n) is 11.4. The lowest BCUT2D eigenvalue weighted by Gasteiger charge is -2.34. The largest absolute Gasteiger partial charge is 0.480 e. The molecule has 1 amide bonds. The lowest BCUT2D eigenvalue weighted by atomic mass is 9.83. The zero-order valence-corrected chi connectivity index (χ0v) is 18.1. The quantitative estimate of drug-likeness (QED) is 0.273. The van der Waals surface area contributed by atoms with Gasteiger partial charge in [0.25, 0.3) is 5.91 Å². The third kappa shape index (κ3) is 7.45. The van der Waals surface area contributed by atoms with Crippen molar-refractivity contribution in [3.8, 4) is 0 Å². The van der Waals surface area contributed by atoms with Gasteiger partial charge < -0.3 is 10.4 Å². The van der Waals surface area contributed by atoms with Gasteiger partial charge in [0.05, 0.1) is 0 Å². The number of piperidine rings is 1. The van der Waals surface area contributed by atoms with Crippen molar-refractivity contribution >= 4 is 18.0 Å². The first kappa shape index (κ1) is 23.4. The third-order valence-electron chi connectivity index (χ3n) is 6.64. The molecule has 1 saturated carbocycles. The van der Waals surface area contributed by atoms with Crippen LogP contribution in [0.1, 0.15) is 56.1 Å². The normalized spacial score (nSPS) is 20.0. The smallest absolute Gasteiger partial charge is 0.320 e. The highest BCUT2D eigenvalue weighted by atomic mass is 16.5. The number of hydrogen-bond acceptors (Lipinski definition) is 5. The molecule has 0 spiro atoms. The van der Waals surface area contributed by atoms with Crippen LogP contribution in [0, 0.1) is 11.8 Å². The van der Waals surface area contributed by atoms with Gasteiger partial charge in [-0.1, -0.05) is 43.5 Å². The van der Waals surface area contributed by atoms with Crippen LogP contribution in [0.3, 0.4) is 0 Å². The maximum absolute atomic E-state index is 11.7. The molecule has 170 valence electrons. The fraction of sp³-hybridized carbons (Fsp3) is 0.583. The summed E-state index contributed by atoms with van der Waals surface area (Å²) in [5.74, 6) is -0.427. The Bertz CT molecular complexity index is 736. The van der Waals surface area contributed by atoms with Crippen LogP contribution in [0.2, 0.25) is 0 Å². The van der Waals surface area contributed by atoms with Crippen molar-refractivity contribution in [2.45, 2.75) is 57.5 Å². The first-order chi connectivity index (χ1) is 15.0. The molecule has 0 bridgehead atoms. The molecule has 1 heterocycles. The molecule has 31 heavy (non-hydrogen) atoms. The van der Waals surface area contributed by atoms with Crippen LogP contribution in [0.5, 0.6) is 0 Å². The van der Waals surface area contributed by atoms with Crippen molar-refractivity contribution in [3.63, 3.8) is 0 Å². The number of aliphatic carboxylic acids is 1. The summed E-state index contributed by atoms with van der Waals surface area (Å²) in [6, 6.07) is 7.65. The van der Waals surface area contributed by atoms with Crippen molar-refractivity contribution in [3.05, 3.63) is 41.5 Å². The fourth-order valence-corrected chi connectivity index (χ4v) is 4.77. The van der Waals surface area contributed by atoms with Gasteiger partial charge in [-0.15, -0.1) is 0 Å². The van der Waals surface area contributed by atoms with Crippen LogP contribution < -0.4 is 10.8 Å². The van der Waals surface area contributed by atoms with Gasteiger partial charge in [0.15, 0.2) is 0 Å². The standard InChI is InChI=1S/C24H35N3O4/c28-22(26-31)11-10-18-6-8-20(9-7-18)17-27-14-12-19(13-15-27)16-25-23(24(29)30)21-4-2-1-3-5-21/h6-11,19,21,23,25,31H,1-5,12-17H2,(H,26,28)(H,29,30)/b11-10+/t23-/m0/s1. The molecule has 7 heteroatoms. The van der Waals surface area contributed by atoms with E-state index in [1.807, 2.05) is 12.1 Å². The summed E-state index contributed by atoms with van der Waals surface area (Å²) in [6.07, 6.45) is 10.7. The molecular weight excluding hydrogens is 394 g/mol. The van der Waals surface area contributed by atoms with Crippen LogP contribution >= 0.6 is 0 Å². The Labute approximate surface area is 184 Å². The highest BCUT2D eigenvalue weighted by molar-refractivity contribution is 5.90. The molecule has 3 rings (SSSR count). The van der Waals surface area contributed by atoms with E-state index in [1.165, 1.54) is 18.1 Å². The molecule has 4 N–H and O–H groups in total. The number of benzene rings is 1. The molecule has 2 fully saturated rings. The van der Waals surface area contributed by atoms with E-state index in [9.17, 15) is 14.7 Å². The minimum absolute atomic E-state index is 0.280. The summed E-state index contributed by atoms with van der Waals surface area (Å²) in [5.41, 5.74) is 3.71. The number of carboxylic acids is 1. The van der Waals surface area contributed by atoms with Crippen molar-refractivity contribution < 1.29 is 19.9 Å². The monoisotopic (exact) mass is 429 g/mol. The summed E-state index contributed by atoms with van der Waals surface area (Å²) in [7, 11) is 0. The van der Waals surface area contributed by atoms with Crippen molar-refractivity contribution in [1.29, 1.82) is 0 Å². The van der Waals surface area contributed by atoms with E-state index in [1.54, 1.807) is 11.6 Å². The molecule has 1 aromatic rings. The van der Waals surface area contributed by atoms with E-state index < -0.39 is 17.9 Å². The van der Waals surface area contributed by atoms with Crippen LogP contribution in [0.4, 0.5) is 0 Å². The number of rotatable bonds is 9. The van der Waals surface area contributed by atoms with Gasteiger partial charge in [0.1, 0.15) is 6.04 Å². The van der Waals surface area contributed by atoms with Crippen LogP contribution in [0.15, 0.2) is 30.3 Å². The maximum atomic E-state index is 11.7. The van der Waals surface area contributed by atoms with Crippen LogP contribution in [-0.2, 0) is 16.1 Å². The molecule has 1 saturated heterocycles. The molecule has 1 atom stereocenters. The zero-order chi connectivity index (χ0) is 22.1. The molecule has 1 aliphatic carbocycles. The van der Waals surface area contributed by atoms with Gasteiger partial charge in [-0.2, -0.15) is 0 Å². The topological polar surface area (TPSA) is 102 Å². The average molecular weight is 430 g/mol. The predicted molar refractivity (Wildman–Crippen MR) is 119 cm³/mol. The highest BCUT2D eigenvalue weighted by Crippen LogP contribution is 2.27. The Morgan fingerprint density at radius 1 is 1.06 bits per heavy atom. The van der Waals surface area contributed by atoms with Crippen LogP contribution in [0.25, 0.3) is 6.08 Å². The summed E-state index contributed by atoms with van der Waals surface area (Å²) < 4.78 is 0. The van der Waals surface area contributed by atoms with Gasteiger partial charge in [0.2, 0.25) is 0 Å². The summed E-state index contributed by atoms with van der Waals surface area (Å²) in [6.45, 7) is 3.72. The second kappa shape index (κ2) is 12.0. The number of carbonyl (C=O) groups is 2. The number of likely N-dealkylation sites (tertiary alicyclic amines) is 1. The summed E-state index contributed by atoms with van der Waals surface area (Å²) in [4.78, 5) is 25.2. The number of amides is 1. The summed E-state index contributed by atoms with van der Waals surface area (Å²) in [5, 5.41) is 21.5. The predicted octanol–water partition coefficient (Wildman–Crippen LogP) is 3.04. The molecule has 0 radical (unpaired) electrons. The van der Waals surface area contributed by atoms with Crippen molar-refractivity contribution in [1.82, 2.24) is 15.7 Å². The van der Waals surface area contributed by atoms with Crippen molar-refractivity contribution in [2.24, 2.45) is 11.8 Å². The highest BCUT2D eigenvalue weighted by Gasteiger charge is 2.30. The number of carbonyl (C=O) groups excluding carboxylic acids is 1. The Morgan fingerprint density at radius 2 is 1.74 bits per heavy atom. The van der Waals surface area contributed by atoms with Gasteiger partial charge >= 0.3 is 5.97 Å². The maximum Gasteiger partial charge on any atom is 0.320 e. The molecule has 7 nitrogen and oxygen atoms in total. The van der Waals surface area contributed by atoms with E-state index in [0.717, 1.165) is 70.3 Å². The van der Waals surface area contributed by atoms with Gasteiger partial charge in [-0.25, -0.2) is 5.48 Å². The molecule has 1 aliphatic heterocycles. The molecule has 2 aliphatic rings. The van der Waals surface area contributed by atoms with E-state index in [0.29, 0.717) is 5.92 Å². The SMILES string of the molecule is O=C(/C=C/c1ccc(CN2CCC(CN[C@H](C(=O)O)C3CCCCC3)CC2)cc1)NO. The van der Waals surface area contributed by atoms with E-state index in [2.05, 4.69) is 22.3 Å². The number of hydroxylamine groups is 1. The Balaban J connectivity index is 1.40. The molecule has 0 aromatic heterocycles. The minimum Gasteiger partial charge on any atom is -0.480 e. The number of carboxylic acid groups (broad SMARTS) is 1. The Morgan fingerprint density at radius 3 is 2.35 bits per heavy atom. The van der Waals surface area contributed by atoms with Crippen LogP contribution in [-0.4, -0.2) is 52.8 Å². The third-order valence-corrected chi connectivity index (χ3v) is 6.64. The second-order valence-electron chi connectivity index (χ2n) is 8.89. The van der Waals surface area contributed by atoms with E-state index >= 15 is 0 Å². The number of nitrogens with zero attached hydrogens (tertiary/aromatic N) is 1. The van der Waals surface area contributed by atoms with E-state index in [-0.39, 0.29) is 5.92 Å².